The summed E-state index contributed by atoms with van der Waals surface area (Å²) in [4.78, 5) is 0. The lowest BCUT2D eigenvalue weighted by atomic mass is 10.1. The summed E-state index contributed by atoms with van der Waals surface area (Å²) in [5.74, 6) is 0. The van der Waals surface area contributed by atoms with Gasteiger partial charge in [-0.1, -0.05) is 6.92 Å². The minimum Gasteiger partial charge on any atom is -0.377 e. The summed E-state index contributed by atoms with van der Waals surface area (Å²) in [5.41, 5.74) is 1.16. The summed E-state index contributed by atoms with van der Waals surface area (Å²) in [6.07, 6.45) is 1.97. The molecule has 104 valence electrons. The minimum absolute atomic E-state index is 0.112. The number of hydrogen-bond donors (Lipinski definition) is 1. The number of likely N-dealkylation sites (N-methyl/N-ethyl adjacent to an activating group) is 1. The first kappa shape index (κ1) is 15.7. The van der Waals surface area contributed by atoms with Crippen molar-refractivity contribution in [2.45, 2.75) is 52.8 Å². The van der Waals surface area contributed by atoms with Crippen LogP contribution in [0.25, 0.3) is 0 Å². The van der Waals surface area contributed by atoms with E-state index in [-0.39, 0.29) is 12.1 Å². The molecule has 0 aromatic carbocycles. The summed E-state index contributed by atoms with van der Waals surface area (Å²) >= 11 is 3.60. The predicted molar refractivity (Wildman–Crippen MR) is 77.8 cm³/mol. The average molecular weight is 318 g/mol. The van der Waals surface area contributed by atoms with Crippen molar-refractivity contribution >= 4 is 15.9 Å². The van der Waals surface area contributed by atoms with Crippen LogP contribution in [-0.4, -0.2) is 29.0 Å². The molecule has 0 aliphatic carbocycles. The first-order valence-corrected chi connectivity index (χ1v) is 7.40. The molecule has 1 rings (SSSR count). The number of nitrogens with zero attached hydrogens (tertiary/aromatic N) is 2. The fraction of sp³-hybridized carbons (Fsp3) is 0.769. The highest BCUT2D eigenvalue weighted by Gasteiger charge is 2.26. The fourth-order valence-corrected chi connectivity index (χ4v) is 2.64. The van der Waals surface area contributed by atoms with Crippen LogP contribution in [0.3, 0.4) is 0 Å². The predicted octanol–water partition coefficient (Wildman–Crippen LogP) is 3.30. The molecule has 0 fully saturated rings. The SMILES string of the molecule is CCNC(c1c(Br)cnn1C(C)C)C(C)OCC. The number of nitrogens with one attached hydrogen (secondary N) is 1. The molecule has 1 aromatic heterocycles. The van der Waals surface area contributed by atoms with Crippen LogP contribution in [0.4, 0.5) is 0 Å². The maximum Gasteiger partial charge on any atom is 0.0767 e. The average Bonchev–Trinajstić information content (AvgIpc) is 2.68. The molecule has 18 heavy (non-hydrogen) atoms. The van der Waals surface area contributed by atoms with Crippen LogP contribution in [-0.2, 0) is 4.74 Å². The molecule has 0 spiro atoms. The molecule has 2 atom stereocenters. The van der Waals surface area contributed by atoms with E-state index in [9.17, 15) is 0 Å². The van der Waals surface area contributed by atoms with Crippen LogP contribution in [0.2, 0.25) is 0 Å². The highest BCUT2D eigenvalue weighted by Crippen LogP contribution is 2.29. The molecule has 0 aliphatic heterocycles. The van der Waals surface area contributed by atoms with Crippen LogP contribution in [0.5, 0.6) is 0 Å². The van der Waals surface area contributed by atoms with Crippen LogP contribution in [0.15, 0.2) is 10.7 Å². The fourth-order valence-electron chi connectivity index (χ4n) is 2.12. The first-order valence-electron chi connectivity index (χ1n) is 6.60. The van der Waals surface area contributed by atoms with Gasteiger partial charge in [0.15, 0.2) is 0 Å². The molecule has 4 nitrogen and oxygen atoms in total. The van der Waals surface area contributed by atoms with Gasteiger partial charge in [-0.2, -0.15) is 5.10 Å². The van der Waals surface area contributed by atoms with Gasteiger partial charge in [0.1, 0.15) is 0 Å². The molecule has 0 radical (unpaired) electrons. The van der Waals surface area contributed by atoms with E-state index in [0.29, 0.717) is 6.04 Å². The van der Waals surface area contributed by atoms with E-state index in [1.54, 1.807) is 0 Å². The summed E-state index contributed by atoms with van der Waals surface area (Å²) in [5, 5.41) is 7.93. The Bertz CT molecular complexity index is 365. The third-order valence-electron chi connectivity index (χ3n) is 2.89. The normalized spacial score (nSPS) is 15.1. The molecule has 0 aliphatic rings. The van der Waals surface area contributed by atoms with Gasteiger partial charge in [0.05, 0.1) is 28.5 Å². The Morgan fingerprint density at radius 1 is 1.39 bits per heavy atom. The number of halogens is 1. The van der Waals surface area contributed by atoms with E-state index in [4.69, 9.17) is 4.74 Å². The highest BCUT2D eigenvalue weighted by molar-refractivity contribution is 9.10. The molecule has 0 saturated carbocycles. The van der Waals surface area contributed by atoms with Gasteiger partial charge in [-0.05, 0) is 50.2 Å². The first-order chi connectivity index (χ1) is 8.52. The highest BCUT2D eigenvalue weighted by atomic mass is 79.9. The van der Waals surface area contributed by atoms with Crippen molar-refractivity contribution < 1.29 is 4.74 Å². The molecule has 0 amide bonds. The van der Waals surface area contributed by atoms with E-state index < -0.39 is 0 Å². The van der Waals surface area contributed by atoms with Crippen molar-refractivity contribution in [3.05, 3.63) is 16.4 Å². The van der Waals surface area contributed by atoms with Crippen LogP contribution < -0.4 is 5.32 Å². The van der Waals surface area contributed by atoms with Crippen LogP contribution in [0.1, 0.15) is 52.4 Å². The molecule has 2 unspecified atom stereocenters. The Balaban J connectivity index is 3.08. The maximum absolute atomic E-state index is 5.75. The second-order valence-electron chi connectivity index (χ2n) is 4.61. The summed E-state index contributed by atoms with van der Waals surface area (Å²) in [6.45, 7) is 12.1. The zero-order valence-corrected chi connectivity index (χ0v) is 13.5. The molecule has 1 N–H and O–H groups in total. The van der Waals surface area contributed by atoms with Crippen molar-refractivity contribution in [3.8, 4) is 0 Å². The Morgan fingerprint density at radius 2 is 2.06 bits per heavy atom. The van der Waals surface area contributed by atoms with Gasteiger partial charge in [-0.25, -0.2) is 0 Å². The minimum atomic E-state index is 0.112. The van der Waals surface area contributed by atoms with Crippen molar-refractivity contribution in [2.75, 3.05) is 13.2 Å². The van der Waals surface area contributed by atoms with Crippen LogP contribution in [0, 0.1) is 0 Å². The Hall–Kier alpha value is -0.390. The van der Waals surface area contributed by atoms with Gasteiger partial charge in [0.2, 0.25) is 0 Å². The third kappa shape index (κ3) is 3.56. The summed E-state index contributed by atoms with van der Waals surface area (Å²) < 4.78 is 8.83. The lowest BCUT2D eigenvalue weighted by molar-refractivity contribution is 0.0448. The Labute approximate surface area is 118 Å². The van der Waals surface area contributed by atoms with Crippen molar-refractivity contribution in [1.29, 1.82) is 0 Å². The number of aromatic nitrogens is 2. The van der Waals surface area contributed by atoms with Crippen LogP contribution >= 0.6 is 15.9 Å². The van der Waals surface area contributed by atoms with Gasteiger partial charge >= 0.3 is 0 Å². The molecule has 0 bridgehead atoms. The molecule has 1 aromatic rings. The number of hydrogen-bond acceptors (Lipinski definition) is 3. The second-order valence-corrected chi connectivity index (χ2v) is 5.47. The molecular formula is C13H24BrN3O. The molecule has 0 saturated heterocycles. The Kier molecular flexibility index (Phi) is 6.32. The van der Waals surface area contributed by atoms with Gasteiger partial charge < -0.3 is 10.1 Å². The van der Waals surface area contributed by atoms with Gasteiger partial charge in [-0.15, -0.1) is 0 Å². The van der Waals surface area contributed by atoms with E-state index in [1.807, 2.05) is 17.8 Å². The number of ether oxygens (including phenoxy) is 1. The van der Waals surface area contributed by atoms with Crippen molar-refractivity contribution in [1.82, 2.24) is 15.1 Å². The zero-order valence-electron chi connectivity index (χ0n) is 11.9. The van der Waals surface area contributed by atoms with Gasteiger partial charge in [0.25, 0.3) is 0 Å². The van der Waals surface area contributed by atoms with Gasteiger partial charge in [-0.3, -0.25) is 4.68 Å². The lowest BCUT2D eigenvalue weighted by Crippen LogP contribution is -2.34. The Morgan fingerprint density at radius 3 is 2.56 bits per heavy atom. The second kappa shape index (κ2) is 7.26. The van der Waals surface area contributed by atoms with E-state index in [1.165, 1.54) is 0 Å². The number of rotatable bonds is 7. The topological polar surface area (TPSA) is 39.1 Å². The standard InChI is InChI=1S/C13H24BrN3O/c1-6-15-12(10(5)18-7-2)13-11(14)8-16-17(13)9(3)4/h8-10,12,15H,6-7H2,1-5H3. The smallest absolute Gasteiger partial charge is 0.0767 e. The monoisotopic (exact) mass is 317 g/mol. The summed E-state index contributed by atoms with van der Waals surface area (Å²) in [7, 11) is 0. The van der Waals surface area contributed by atoms with Gasteiger partial charge in [0, 0.05) is 12.6 Å². The quantitative estimate of drug-likeness (QED) is 0.838. The maximum atomic E-state index is 5.75. The van der Waals surface area contributed by atoms with E-state index >= 15 is 0 Å². The third-order valence-corrected chi connectivity index (χ3v) is 3.50. The largest absolute Gasteiger partial charge is 0.377 e. The molecule has 5 heteroatoms. The summed E-state index contributed by atoms with van der Waals surface area (Å²) in [6, 6.07) is 0.482. The molecular weight excluding hydrogens is 294 g/mol. The van der Waals surface area contributed by atoms with Crippen molar-refractivity contribution in [3.63, 3.8) is 0 Å². The molecule has 1 heterocycles. The lowest BCUT2D eigenvalue weighted by Gasteiger charge is -2.27. The van der Waals surface area contributed by atoms with E-state index in [2.05, 4.69) is 54.0 Å². The zero-order chi connectivity index (χ0) is 13.7. The van der Waals surface area contributed by atoms with E-state index in [0.717, 1.165) is 23.3 Å². The van der Waals surface area contributed by atoms with Crippen molar-refractivity contribution in [2.24, 2.45) is 0 Å².